The molecule has 0 unspecified atom stereocenters. The second kappa shape index (κ2) is 5.02. The van der Waals surface area contributed by atoms with Crippen LogP contribution in [0.5, 0.6) is 0 Å². The number of hydrogen-bond donors (Lipinski definition) is 1. The smallest absolute Gasteiger partial charge is 0.300 e. The van der Waals surface area contributed by atoms with Crippen molar-refractivity contribution in [1.29, 1.82) is 0 Å². The quantitative estimate of drug-likeness (QED) is 0.918. The third-order valence-corrected chi connectivity index (χ3v) is 2.91. The van der Waals surface area contributed by atoms with Crippen molar-refractivity contribution in [3.8, 4) is 11.5 Å². The number of alkyl halides is 2. The predicted octanol–water partition coefficient (Wildman–Crippen LogP) is 1.46. The highest BCUT2D eigenvalue weighted by Crippen LogP contribution is 2.22. The van der Waals surface area contributed by atoms with Crippen LogP contribution in [-0.2, 0) is 15.8 Å². The molecular formula is C10H9F2N3O3S. The lowest BCUT2D eigenvalue weighted by Crippen LogP contribution is -2.14. The second-order valence-electron chi connectivity index (χ2n) is 3.77. The molecule has 9 heteroatoms. The molecule has 1 aromatic heterocycles. The maximum Gasteiger partial charge on any atom is 0.300 e. The molecule has 102 valence electrons. The molecule has 0 aliphatic heterocycles. The number of sulfonamides is 1. The summed E-state index contributed by atoms with van der Waals surface area (Å²) in [5.74, 6) is -1.19. The molecule has 19 heavy (non-hydrogen) atoms. The zero-order valence-corrected chi connectivity index (χ0v) is 10.3. The highest BCUT2D eigenvalue weighted by Gasteiger charge is 2.17. The van der Waals surface area contributed by atoms with Gasteiger partial charge >= 0.3 is 6.43 Å². The largest absolute Gasteiger partial charge is 0.334 e. The predicted molar refractivity (Wildman–Crippen MR) is 61.5 cm³/mol. The van der Waals surface area contributed by atoms with E-state index in [1.165, 1.54) is 18.2 Å². The molecule has 0 spiro atoms. The Kier molecular flexibility index (Phi) is 3.58. The van der Waals surface area contributed by atoms with Gasteiger partial charge in [-0.2, -0.15) is 4.98 Å². The van der Waals surface area contributed by atoms with Crippen LogP contribution in [-0.4, -0.2) is 18.6 Å². The Morgan fingerprint density at radius 2 is 2.11 bits per heavy atom. The number of benzene rings is 1. The summed E-state index contributed by atoms with van der Waals surface area (Å²) in [5, 5.41) is 8.04. The standard InChI is InChI=1S/C10H9F2N3O3S/c11-8(12)9-14-10(18-15-9)7-3-1-2-6(4-7)5-19(13,16)17/h1-4,8H,5H2,(H2,13,16,17). The van der Waals surface area contributed by atoms with E-state index in [9.17, 15) is 17.2 Å². The van der Waals surface area contributed by atoms with Crippen molar-refractivity contribution in [3.05, 3.63) is 35.7 Å². The van der Waals surface area contributed by atoms with E-state index in [-0.39, 0.29) is 11.6 Å². The zero-order chi connectivity index (χ0) is 14.0. The number of nitrogens with two attached hydrogens (primary N) is 1. The summed E-state index contributed by atoms with van der Waals surface area (Å²) in [4.78, 5) is 3.51. The van der Waals surface area contributed by atoms with E-state index < -0.39 is 22.3 Å². The van der Waals surface area contributed by atoms with Crippen LogP contribution in [0.15, 0.2) is 28.8 Å². The van der Waals surface area contributed by atoms with Crippen LogP contribution >= 0.6 is 0 Å². The molecule has 0 bridgehead atoms. The average molecular weight is 289 g/mol. The van der Waals surface area contributed by atoms with Gasteiger partial charge in [-0.15, -0.1) is 0 Å². The Bertz CT molecular complexity index is 685. The fraction of sp³-hybridized carbons (Fsp3) is 0.200. The molecule has 0 aliphatic rings. The van der Waals surface area contributed by atoms with Gasteiger partial charge in [0.25, 0.3) is 5.89 Å². The lowest BCUT2D eigenvalue weighted by atomic mass is 10.1. The van der Waals surface area contributed by atoms with E-state index in [4.69, 9.17) is 5.14 Å². The summed E-state index contributed by atoms with van der Waals surface area (Å²) >= 11 is 0. The lowest BCUT2D eigenvalue weighted by molar-refractivity contribution is 0.136. The minimum Gasteiger partial charge on any atom is -0.334 e. The SMILES string of the molecule is NS(=O)(=O)Cc1cccc(-c2nc(C(F)F)no2)c1. The Balaban J connectivity index is 2.32. The van der Waals surface area contributed by atoms with Gasteiger partial charge in [-0.1, -0.05) is 17.3 Å². The lowest BCUT2D eigenvalue weighted by Gasteiger charge is -2.00. The van der Waals surface area contributed by atoms with Crippen LogP contribution in [0.2, 0.25) is 0 Å². The van der Waals surface area contributed by atoms with Crippen LogP contribution in [0.1, 0.15) is 17.8 Å². The minimum absolute atomic E-state index is 0.105. The second-order valence-corrected chi connectivity index (χ2v) is 5.38. The first-order chi connectivity index (χ1) is 8.85. The maximum atomic E-state index is 12.3. The van der Waals surface area contributed by atoms with Gasteiger partial charge in [-0.3, -0.25) is 0 Å². The molecule has 0 fully saturated rings. The van der Waals surface area contributed by atoms with Gasteiger partial charge in [0.2, 0.25) is 15.8 Å². The fourth-order valence-corrected chi connectivity index (χ4v) is 2.11. The maximum absolute atomic E-state index is 12.3. The fourth-order valence-electron chi connectivity index (χ4n) is 1.47. The molecule has 6 nitrogen and oxygen atoms in total. The molecule has 0 radical (unpaired) electrons. The van der Waals surface area contributed by atoms with Crippen molar-refractivity contribution in [2.45, 2.75) is 12.2 Å². The molecule has 2 N–H and O–H groups in total. The van der Waals surface area contributed by atoms with Crippen LogP contribution < -0.4 is 5.14 Å². The molecule has 0 saturated heterocycles. The van der Waals surface area contributed by atoms with Crippen molar-refractivity contribution in [2.75, 3.05) is 0 Å². The van der Waals surface area contributed by atoms with Gasteiger partial charge in [0, 0.05) is 5.56 Å². The van der Waals surface area contributed by atoms with Crippen LogP contribution in [0, 0.1) is 0 Å². The monoisotopic (exact) mass is 289 g/mol. The summed E-state index contributed by atoms with van der Waals surface area (Å²) in [6.07, 6.45) is -2.83. The van der Waals surface area contributed by atoms with Crippen molar-refractivity contribution < 1.29 is 21.7 Å². The molecule has 0 amide bonds. The summed E-state index contributed by atoms with van der Waals surface area (Å²) in [5.41, 5.74) is 0.748. The van der Waals surface area contributed by atoms with Crippen LogP contribution in [0.4, 0.5) is 8.78 Å². The van der Waals surface area contributed by atoms with Crippen molar-refractivity contribution >= 4 is 10.0 Å². The van der Waals surface area contributed by atoms with Gasteiger partial charge < -0.3 is 4.52 Å². The van der Waals surface area contributed by atoms with E-state index in [2.05, 4.69) is 14.7 Å². The topological polar surface area (TPSA) is 99.1 Å². The molecular weight excluding hydrogens is 280 g/mol. The van der Waals surface area contributed by atoms with Crippen LogP contribution in [0.25, 0.3) is 11.5 Å². The van der Waals surface area contributed by atoms with E-state index in [0.717, 1.165) is 0 Å². The highest BCUT2D eigenvalue weighted by atomic mass is 32.2. The number of hydrogen-bond acceptors (Lipinski definition) is 5. The number of aromatic nitrogens is 2. The van der Waals surface area contributed by atoms with Crippen molar-refractivity contribution in [2.24, 2.45) is 5.14 Å². The van der Waals surface area contributed by atoms with Gasteiger partial charge in [0.05, 0.1) is 5.75 Å². The molecule has 0 atom stereocenters. The van der Waals surface area contributed by atoms with Crippen LogP contribution in [0.3, 0.4) is 0 Å². The third kappa shape index (κ3) is 3.55. The Labute approximate surface area is 107 Å². The van der Waals surface area contributed by atoms with E-state index in [1.54, 1.807) is 6.07 Å². The zero-order valence-electron chi connectivity index (χ0n) is 9.45. The van der Waals surface area contributed by atoms with Gasteiger partial charge in [0.15, 0.2) is 0 Å². The first-order valence-electron chi connectivity index (χ1n) is 5.07. The minimum atomic E-state index is -3.67. The molecule has 2 aromatic rings. The van der Waals surface area contributed by atoms with E-state index in [1.807, 2.05) is 0 Å². The number of primary sulfonamides is 1. The normalized spacial score (nSPS) is 12.0. The Morgan fingerprint density at radius 3 is 2.68 bits per heavy atom. The number of halogens is 2. The third-order valence-electron chi connectivity index (χ3n) is 2.18. The van der Waals surface area contributed by atoms with Gasteiger partial charge in [0.1, 0.15) is 0 Å². The first-order valence-corrected chi connectivity index (χ1v) is 6.78. The molecule has 1 aromatic carbocycles. The average Bonchev–Trinajstić information content (AvgIpc) is 2.76. The van der Waals surface area contributed by atoms with Crippen molar-refractivity contribution in [3.63, 3.8) is 0 Å². The Morgan fingerprint density at radius 1 is 1.37 bits per heavy atom. The number of nitrogens with zero attached hydrogens (tertiary/aromatic N) is 2. The number of rotatable bonds is 4. The first kappa shape index (κ1) is 13.6. The Hall–Kier alpha value is -1.87. The molecule has 2 rings (SSSR count). The highest BCUT2D eigenvalue weighted by molar-refractivity contribution is 7.88. The van der Waals surface area contributed by atoms with E-state index >= 15 is 0 Å². The van der Waals surface area contributed by atoms with Gasteiger partial charge in [-0.25, -0.2) is 22.3 Å². The van der Waals surface area contributed by atoms with Crippen molar-refractivity contribution in [1.82, 2.24) is 10.1 Å². The van der Waals surface area contributed by atoms with Gasteiger partial charge in [-0.05, 0) is 17.7 Å². The molecule has 0 aliphatic carbocycles. The summed E-state index contributed by atoms with van der Waals surface area (Å²) < 4.78 is 51.2. The molecule has 0 saturated carbocycles. The summed E-state index contributed by atoms with van der Waals surface area (Å²) in [7, 11) is -3.67. The summed E-state index contributed by atoms with van der Waals surface area (Å²) in [6, 6.07) is 6.06. The molecule has 1 heterocycles. The summed E-state index contributed by atoms with van der Waals surface area (Å²) in [6.45, 7) is 0. The van der Waals surface area contributed by atoms with E-state index in [0.29, 0.717) is 11.1 Å².